The lowest BCUT2D eigenvalue weighted by atomic mass is 10.1. The van der Waals surface area contributed by atoms with Gasteiger partial charge in [-0.3, -0.25) is 4.68 Å². The summed E-state index contributed by atoms with van der Waals surface area (Å²) < 4.78 is 3.36. The number of aryl methyl sites for hydroxylation is 2. The summed E-state index contributed by atoms with van der Waals surface area (Å²) in [5, 5.41) is 21.6. The molecule has 112 valence electrons. The van der Waals surface area contributed by atoms with E-state index in [4.69, 9.17) is 5.11 Å². The van der Waals surface area contributed by atoms with Crippen LogP contribution >= 0.6 is 0 Å². The van der Waals surface area contributed by atoms with E-state index in [1.165, 1.54) is 0 Å². The van der Waals surface area contributed by atoms with Crippen molar-refractivity contribution in [1.82, 2.24) is 24.8 Å². The van der Waals surface area contributed by atoms with Gasteiger partial charge in [0, 0.05) is 18.3 Å². The first kappa shape index (κ1) is 14.0. The summed E-state index contributed by atoms with van der Waals surface area (Å²) in [4.78, 5) is 11.1. The highest BCUT2D eigenvalue weighted by atomic mass is 16.4. The summed E-state index contributed by atoms with van der Waals surface area (Å²) in [6.45, 7) is 3.86. The lowest BCUT2D eigenvalue weighted by Gasteiger charge is -2.05. The van der Waals surface area contributed by atoms with Gasteiger partial charge < -0.3 is 5.11 Å². The highest BCUT2D eigenvalue weighted by Crippen LogP contribution is 2.22. The number of carboxylic acids is 1. The van der Waals surface area contributed by atoms with Crippen LogP contribution in [0.2, 0.25) is 0 Å². The Morgan fingerprint density at radius 3 is 2.68 bits per heavy atom. The van der Waals surface area contributed by atoms with Gasteiger partial charge in [-0.2, -0.15) is 5.10 Å². The van der Waals surface area contributed by atoms with E-state index in [0.29, 0.717) is 11.4 Å². The van der Waals surface area contributed by atoms with Gasteiger partial charge in [0.25, 0.3) is 0 Å². The smallest absolute Gasteiger partial charge is 0.335 e. The van der Waals surface area contributed by atoms with Crippen molar-refractivity contribution in [1.29, 1.82) is 0 Å². The van der Waals surface area contributed by atoms with E-state index in [1.54, 1.807) is 40.0 Å². The summed E-state index contributed by atoms with van der Waals surface area (Å²) in [5.74, 6) is -0.968. The van der Waals surface area contributed by atoms with Gasteiger partial charge in [-0.05, 0) is 31.5 Å². The standard InChI is InChI=1S/C15H15N5O2/c1-9-4-5-11(15(21)22)6-14(9)20-8-13(17-18-20)12-7-16-19(3)10(12)2/h4-8H,1-3H3,(H,21,22). The summed E-state index contributed by atoms with van der Waals surface area (Å²) in [7, 11) is 1.86. The van der Waals surface area contributed by atoms with E-state index < -0.39 is 5.97 Å². The van der Waals surface area contributed by atoms with Crippen LogP contribution in [0, 0.1) is 13.8 Å². The van der Waals surface area contributed by atoms with Gasteiger partial charge in [-0.1, -0.05) is 11.3 Å². The third-order valence-corrected chi connectivity index (χ3v) is 3.71. The second-order valence-corrected chi connectivity index (χ2v) is 5.12. The van der Waals surface area contributed by atoms with Crippen molar-refractivity contribution >= 4 is 5.97 Å². The number of carbonyl (C=O) groups is 1. The number of carboxylic acid groups (broad SMARTS) is 1. The zero-order valence-corrected chi connectivity index (χ0v) is 12.5. The van der Waals surface area contributed by atoms with Crippen molar-refractivity contribution in [3.05, 3.63) is 47.4 Å². The van der Waals surface area contributed by atoms with E-state index in [1.807, 2.05) is 20.9 Å². The zero-order valence-electron chi connectivity index (χ0n) is 12.5. The van der Waals surface area contributed by atoms with E-state index in [-0.39, 0.29) is 5.56 Å². The lowest BCUT2D eigenvalue weighted by molar-refractivity contribution is 0.0697. The van der Waals surface area contributed by atoms with Crippen LogP contribution in [0.25, 0.3) is 16.9 Å². The van der Waals surface area contributed by atoms with E-state index in [9.17, 15) is 4.79 Å². The molecule has 0 atom stereocenters. The van der Waals surface area contributed by atoms with E-state index in [0.717, 1.165) is 16.8 Å². The lowest BCUT2D eigenvalue weighted by Crippen LogP contribution is -2.02. The Hall–Kier alpha value is -2.96. The second-order valence-electron chi connectivity index (χ2n) is 5.12. The van der Waals surface area contributed by atoms with Crippen LogP contribution < -0.4 is 0 Å². The maximum absolute atomic E-state index is 11.1. The molecule has 0 unspecified atom stereocenters. The molecule has 0 saturated carbocycles. The Kier molecular flexibility index (Phi) is 3.25. The van der Waals surface area contributed by atoms with Crippen molar-refractivity contribution in [2.24, 2.45) is 7.05 Å². The van der Waals surface area contributed by atoms with Gasteiger partial charge >= 0.3 is 5.97 Å². The molecule has 0 saturated heterocycles. The zero-order chi connectivity index (χ0) is 15.9. The van der Waals surface area contributed by atoms with E-state index in [2.05, 4.69) is 15.4 Å². The predicted molar refractivity (Wildman–Crippen MR) is 80.0 cm³/mol. The van der Waals surface area contributed by atoms with Crippen molar-refractivity contribution in [3.63, 3.8) is 0 Å². The predicted octanol–water partition coefficient (Wildman–Crippen LogP) is 1.98. The van der Waals surface area contributed by atoms with Crippen LogP contribution in [-0.2, 0) is 7.05 Å². The Morgan fingerprint density at radius 2 is 2.05 bits per heavy atom. The van der Waals surface area contributed by atoms with Crippen LogP contribution in [0.3, 0.4) is 0 Å². The maximum atomic E-state index is 11.1. The molecule has 1 N–H and O–H groups in total. The third kappa shape index (κ3) is 2.26. The van der Waals surface area contributed by atoms with Crippen molar-refractivity contribution in [3.8, 4) is 16.9 Å². The van der Waals surface area contributed by atoms with Crippen LogP contribution in [0.1, 0.15) is 21.6 Å². The Balaban J connectivity index is 2.06. The topological polar surface area (TPSA) is 85.8 Å². The molecule has 0 amide bonds. The molecule has 22 heavy (non-hydrogen) atoms. The second kappa shape index (κ2) is 5.10. The fourth-order valence-corrected chi connectivity index (χ4v) is 2.24. The van der Waals surface area contributed by atoms with Gasteiger partial charge in [0.2, 0.25) is 0 Å². The van der Waals surface area contributed by atoms with Gasteiger partial charge in [0.1, 0.15) is 5.69 Å². The minimum atomic E-state index is -0.968. The molecule has 7 nitrogen and oxygen atoms in total. The van der Waals surface area contributed by atoms with Gasteiger partial charge in [0.15, 0.2) is 0 Å². The van der Waals surface area contributed by atoms with Gasteiger partial charge in [0.05, 0.1) is 23.6 Å². The highest BCUT2D eigenvalue weighted by molar-refractivity contribution is 5.88. The Morgan fingerprint density at radius 1 is 1.27 bits per heavy atom. The molecular weight excluding hydrogens is 282 g/mol. The molecule has 2 aromatic heterocycles. The number of rotatable bonds is 3. The van der Waals surface area contributed by atoms with Crippen LogP contribution in [0.5, 0.6) is 0 Å². The molecule has 0 spiro atoms. The average molecular weight is 297 g/mol. The third-order valence-electron chi connectivity index (χ3n) is 3.71. The van der Waals surface area contributed by atoms with Crippen molar-refractivity contribution < 1.29 is 9.90 Å². The largest absolute Gasteiger partial charge is 0.478 e. The monoisotopic (exact) mass is 297 g/mol. The van der Waals surface area contributed by atoms with Crippen LogP contribution in [0.4, 0.5) is 0 Å². The maximum Gasteiger partial charge on any atom is 0.335 e. The molecule has 0 radical (unpaired) electrons. The number of aromatic nitrogens is 5. The summed E-state index contributed by atoms with van der Waals surface area (Å²) in [6, 6.07) is 4.92. The first-order valence-corrected chi connectivity index (χ1v) is 6.73. The Labute approximate surface area is 126 Å². The van der Waals surface area contributed by atoms with Crippen molar-refractivity contribution in [2.45, 2.75) is 13.8 Å². The summed E-state index contributed by atoms with van der Waals surface area (Å²) in [6.07, 6.45) is 3.52. The Bertz CT molecular complexity index is 863. The molecule has 0 aliphatic heterocycles. The molecule has 1 aromatic carbocycles. The molecule has 0 aliphatic rings. The van der Waals surface area contributed by atoms with Gasteiger partial charge in [-0.25, -0.2) is 9.48 Å². The fourth-order valence-electron chi connectivity index (χ4n) is 2.24. The normalized spacial score (nSPS) is 10.9. The molecule has 0 fully saturated rings. The molecule has 2 heterocycles. The number of aromatic carboxylic acids is 1. The van der Waals surface area contributed by atoms with Crippen LogP contribution in [0.15, 0.2) is 30.6 Å². The molecule has 0 bridgehead atoms. The summed E-state index contributed by atoms with van der Waals surface area (Å²) in [5.41, 5.74) is 4.43. The van der Waals surface area contributed by atoms with Gasteiger partial charge in [-0.15, -0.1) is 5.10 Å². The van der Waals surface area contributed by atoms with Crippen molar-refractivity contribution in [2.75, 3.05) is 0 Å². The fraction of sp³-hybridized carbons (Fsp3) is 0.200. The number of hydrogen-bond acceptors (Lipinski definition) is 4. The molecule has 7 heteroatoms. The minimum Gasteiger partial charge on any atom is -0.478 e. The number of hydrogen-bond donors (Lipinski definition) is 1. The first-order valence-electron chi connectivity index (χ1n) is 6.73. The summed E-state index contributed by atoms with van der Waals surface area (Å²) >= 11 is 0. The number of nitrogens with zero attached hydrogens (tertiary/aromatic N) is 5. The van der Waals surface area contributed by atoms with Crippen LogP contribution in [-0.4, -0.2) is 35.9 Å². The highest BCUT2D eigenvalue weighted by Gasteiger charge is 2.13. The van der Waals surface area contributed by atoms with E-state index >= 15 is 0 Å². The minimum absolute atomic E-state index is 0.218. The quantitative estimate of drug-likeness (QED) is 0.799. The molecule has 0 aliphatic carbocycles. The average Bonchev–Trinajstić information content (AvgIpc) is 3.07. The SMILES string of the molecule is Cc1ccc(C(=O)O)cc1-n1cc(-c2cnn(C)c2C)nn1. The number of benzene rings is 1. The molecule has 3 rings (SSSR count). The molecular formula is C15H15N5O2. The molecule has 3 aromatic rings. The first-order chi connectivity index (χ1) is 10.5.